The van der Waals surface area contributed by atoms with E-state index in [0.29, 0.717) is 29.0 Å². The number of carbonyl (C=O) groups excluding carboxylic acids is 2. The quantitative estimate of drug-likeness (QED) is 0.647. The maximum atomic E-state index is 14.7. The zero-order valence-corrected chi connectivity index (χ0v) is 17.0. The average Bonchev–Trinajstić information content (AvgIpc) is 2.74. The summed E-state index contributed by atoms with van der Waals surface area (Å²) in [5, 5.41) is 2.88. The largest absolute Gasteiger partial charge is 0.322 e. The summed E-state index contributed by atoms with van der Waals surface area (Å²) in [6, 6.07) is 17.5. The van der Waals surface area contributed by atoms with Crippen molar-refractivity contribution in [3.63, 3.8) is 0 Å². The van der Waals surface area contributed by atoms with Crippen molar-refractivity contribution in [2.24, 2.45) is 0 Å². The van der Waals surface area contributed by atoms with Gasteiger partial charge < -0.3 is 10.2 Å². The number of aryl methyl sites for hydroxylation is 3. The van der Waals surface area contributed by atoms with Crippen molar-refractivity contribution in [1.29, 1.82) is 0 Å². The second-order valence-corrected chi connectivity index (χ2v) is 7.66. The Bertz CT molecular complexity index is 1130. The van der Waals surface area contributed by atoms with Crippen LogP contribution in [0.5, 0.6) is 0 Å². The molecule has 2 amide bonds. The topological polar surface area (TPSA) is 49.4 Å². The fraction of sp³-hybridized carbons (Fsp3) is 0.200. The number of benzene rings is 3. The Kier molecular flexibility index (Phi) is 5.36. The van der Waals surface area contributed by atoms with Gasteiger partial charge in [0.25, 0.3) is 11.8 Å². The first-order valence-electron chi connectivity index (χ1n) is 10.0. The highest BCUT2D eigenvalue weighted by Gasteiger charge is 2.27. The lowest BCUT2D eigenvalue weighted by Crippen LogP contribution is -2.36. The van der Waals surface area contributed by atoms with E-state index in [0.717, 1.165) is 29.5 Å². The van der Waals surface area contributed by atoms with Crippen LogP contribution >= 0.6 is 0 Å². The molecule has 0 atom stereocenters. The first-order chi connectivity index (χ1) is 14.4. The van der Waals surface area contributed by atoms with Crippen LogP contribution in [0.1, 0.15) is 43.8 Å². The van der Waals surface area contributed by atoms with Gasteiger partial charge in [-0.15, -0.1) is 0 Å². The van der Waals surface area contributed by atoms with E-state index in [1.807, 2.05) is 26.0 Å². The molecule has 0 saturated heterocycles. The molecule has 0 bridgehead atoms. The second-order valence-electron chi connectivity index (χ2n) is 7.66. The summed E-state index contributed by atoms with van der Waals surface area (Å²) in [5.74, 6) is -0.884. The summed E-state index contributed by atoms with van der Waals surface area (Å²) < 4.78 is 14.7. The van der Waals surface area contributed by atoms with Gasteiger partial charge in [0, 0.05) is 23.4 Å². The van der Waals surface area contributed by atoms with Gasteiger partial charge in [-0.1, -0.05) is 30.3 Å². The fourth-order valence-electron chi connectivity index (χ4n) is 3.87. The predicted octanol–water partition coefficient (Wildman–Crippen LogP) is 5.29. The van der Waals surface area contributed by atoms with E-state index in [4.69, 9.17) is 0 Å². The maximum Gasteiger partial charge on any atom is 0.258 e. The van der Waals surface area contributed by atoms with E-state index in [-0.39, 0.29) is 17.6 Å². The first kappa shape index (κ1) is 19.8. The fourth-order valence-corrected chi connectivity index (χ4v) is 3.87. The normalized spacial score (nSPS) is 13.0. The summed E-state index contributed by atoms with van der Waals surface area (Å²) >= 11 is 0. The molecule has 0 saturated carbocycles. The molecule has 1 heterocycles. The van der Waals surface area contributed by atoms with Crippen LogP contribution in [0, 0.1) is 19.7 Å². The van der Waals surface area contributed by atoms with Crippen molar-refractivity contribution in [3.05, 3.63) is 94.3 Å². The van der Waals surface area contributed by atoms with E-state index < -0.39 is 0 Å². The molecule has 4 rings (SSSR count). The number of amides is 2. The van der Waals surface area contributed by atoms with E-state index in [1.165, 1.54) is 11.0 Å². The third-order valence-corrected chi connectivity index (χ3v) is 5.40. The van der Waals surface area contributed by atoms with Crippen molar-refractivity contribution in [1.82, 2.24) is 0 Å². The van der Waals surface area contributed by atoms with Crippen LogP contribution in [0.4, 0.5) is 15.8 Å². The van der Waals surface area contributed by atoms with Gasteiger partial charge in [0.2, 0.25) is 0 Å². The summed E-state index contributed by atoms with van der Waals surface area (Å²) in [6.07, 6.45) is 1.54. The molecule has 30 heavy (non-hydrogen) atoms. The van der Waals surface area contributed by atoms with Crippen molar-refractivity contribution in [3.8, 4) is 0 Å². The van der Waals surface area contributed by atoms with Crippen LogP contribution in [-0.2, 0) is 6.42 Å². The molecule has 1 aliphatic heterocycles. The lowest BCUT2D eigenvalue weighted by atomic mass is 9.98. The van der Waals surface area contributed by atoms with Gasteiger partial charge in [0.05, 0.1) is 5.69 Å². The minimum absolute atomic E-state index is 0.242. The molecule has 0 spiro atoms. The van der Waals surface area contributed by atoms with E-state index in [9.17, 15) is 14.0 Å². The van der Waals surface area contributed by atoms with Crippen LogP contribution in [0.15, 0.2) is 60.7 Å². The minimum Gasteiger partial charge on any atom is -0.322 e. The molecule has 5 heteroatoms. The van der Waals surface area contributed by atoms with Gasteiger partial charge in [-0.05, 0) is 73.7 Å². The van der Waals surface area contributed by atoms with Gasteiger partial charge in [0.15, 0.2) is 0 Å². The Morgan fingerprint density at radius 3 is 2.50 bits per heavy atom. The van der Waals surface area contributed by atoms with Crippen molar-refractivity contribution < 1.29 is 14.0 Å². The molecule has 0 radical (unpaired) electrons. The maximum absolute atomic E-state index is 14.7. The van der Waals surface area contributed by atoms with E-state index >= 15 is 0 Å². The smallest absolute Gasteiger partial charge is 0.258 e. The molecule has 4 nitrogen and oxygen atoms in total. The molecule has 1 aliphatic rings. The number of anilines is 2. The number of hydrogen-bond donors (Lipinski definition) is 1. The number of nitrogens with zero attached hydrogens (tertiary/aromatic N) is 1. The van der Waals surface area contributed by atoms with Crippen LogP contribution in [-0.4, -0.2) is 18.4 Å². The third kappa shape index (κ3) is 3.83. The van der Waals surface area contributed by atoms with Crippen molar-refractivity contribution in [2.45, 2.75) is 26.7 Å². The highest BCUT2D eigenvalue weighted by atomic mass is 19.1. The Morgan fingerprint density at radius 2 is 1.73 bits per heavy atom. The highest BCUT2D eigenvalue weighted by Crippen LogP contribution is 2.32. The van der Waals surface area contributed by atoms with Crippen LogP contribution < -0.4 is 10.2 Å². The summed E-state index contributed by atoms with van der Waals surface area (Å²) in [5.41, 5.74) is 4.44. The number of fused-ring (bicyclic) bond motifs is 1. The monoisotopic (exact) mass is 402 g/mol. The number of carbonyl (C=O) groups is 2. The number of nitrogens with one attached hydrogen (secondary N) is 1. The number of rotatable bonds is 3. The number of hydrogen-bond acceptors (Lipinski definition) is 2. The molecule has 152 valence electrons. The molecule has 3 aromatic carbocycles. The SMILES string of the molecule is Cc1cc(F)c2c(c1)CCCN2C(=O)c1ccc(C)c(NC(=O)c2ccccc2)c1. The average molecular weight is 402 g/mol. The standard InChI is InChI=1S/C25H23FN2O2/c1-16-13-19-9-6-12-28(23(19)21(26)14-16)25(30)20-11-10-17(2)22(15-20)27-24(29)18-7-4-3-5-8-18/h3-5,7-8,10-11,13-15H,6,9,12H2,1-2H3,(H,27,29). The van der Waals surface area contributed by atoms with Crippen molar-refractivity contribution in [2.75, 3.05) is 16.8 Å². The lowest BCUT2D eigenvalue weighted by molar-refractivity contribution is 0.0981. The lowest BCUT2D eigenvalue weighted by Gasteiger charge is -2.30. The molecule has 1 N–H and O–H groups in total. The Balaban J connectivity index is 1.64. The Labute approximate surface area is 175 Å². The van der Waals surface area contributed by atoms with Gasteiger partial charge in [-0.2, -0.15) is 0 Å². The molecular weight excluding hydrogens is 379 g/mol. The third-order valence-electron chi connectivity index (χ3n) is 5.40. The van der Waals surface area contributed by atoms with E-state index in [2.05, 4.69) is 5.32 Å². The van der Waals surface area contributed by atoms with Crippen LogP contribution in [0.2, 0.25) is 0 Å². The summed E-state index contributed by atoms with van der Waals surface area (Å²) in [7, 11) is 0. The van der Waals surface area contributed by atoms with E-state index in [1.54, 1.807) is 42.5 Å². The van der Waals surface area contributed by atoms with Gasteiger partial charge in [-0.25, -0.2) is 4.39 Å². The van der Waals surface area contributed by atoms with Gasteiger partial charge in [0.1, 0.15) is 5.82 Å². The van der Waals surface area contributed by atoms with Gasteiger partial charge in [-0.3, -0.25) is 9.59 Å². The highest BCUT2D eigenvalue weighted by molar-refractivity contribution is 6.09. The minimum atomic E-state index is -0.372. The zero-order valence-electron chi connectivity index (χ0n) is 17.0. The summed E-state index contributed by atoms with van der Waals surface area (Å²) in [6.45, 7) is 4.19. The Hall–Kier alpha value is -3.47. The van der Waals surface area contributed by atoms with Crippen LogP contribution in [0.3, 0.4) is 0 Å². The molecular formula is C25H23FN2O2. The van der Waals surface area contributed by atoms with Crippen molar-refractivity contribution >= 4 is 23.2 Å². The number of halogens is 1. The first-order valence-corrected chi connectivity index (χ1v) is 10.0. The van der Waals surface area contributed by atoms with Crippen LogP contribution in [0.25, 0.3) is 0 Å². The molecule has 0 fully saturated rings. The predicted molar refractivity (Wildman–Crippen MR) is 117 cm³/mol. The zero-order chi connectivity index (χ0) is 21.3. The van der Waals surface area contributed by atoms with Gasteiger partial charge >= 0.3 is 0 Å². The molecule has 0 unspecified atom stereocenters. The molecule has 3 aromatic rings. The second kappa shape index (κ2) is 8.11. The molecule has 0 aromatic heterocycles. The Morgan fingerprint density at radius 1 is 0.967 bits per heavy atom. The summed E-state index contributed by atoms with van der Waals surface area (Å²) in [4.78, 5) is 27.3. The molecule has 0 aliphatic carbocycles.